The molecule has 0 spiro atoms. The van der Waals surface area contributed by atoms with Crippen LogP contribution in [-0.4, -0.2) is 26.2 Å². The van der Waals surface area contributed by atoms with Crippen LogP contribution in [0.5, 0.6) is 5.75 Å². The summed E-state index contributed by atoms with van der Waals surface area (Å²) in [5.74, 6) is 0.854. The zero-order valence-corrected chi connectivity index (χ0v) is 13.1. The molecule has 0 saturated carbocycles. The summed E-state index contributed by atoms with van der Waals surface area (Å²) in [7, 11) is 5.74. The minimum atomic E-state index is 0.854. The van der Waals surface area contributed by atoms with Crippen molar-refractivity contribution >= 4 is 38.1 Å². The molecule has 0 unspecified atom stereocenters. The second-order valence-corrected chi connectivity index (χ2v) is 5.95. The Morgan fingerprint density at radius 3 is 2.76 bits per heavy atom. The lowest BCUT2D eigenvalue weighted by Crippen LogP contribution is -2.08. The van der Waals surface area contributed by atoms with Gasteiger partial charge in [0, 0.05) is 25.5 Å². The summed E-state index contributed by atoms with van der Waals surface area (Å²) >= 11 is 1.62. The van der Waals surface area contributed by atoms with E-state index in [-0.39, 0.29) is 0 Å². The van der Waals surface area contributed by atoms with Crippen LogP contribution >= 0.6 is 11.3 Å². The molecule has 0 saturated heterocycles. The molecule has 21 heavy (non-hydrogen) atoms. The van der Waals surface area contributed by atoms with Gasteiger partial charge in [0.1, 0.15) is 5.75 Å². The first kappa shape index (κ1) is 13.7. The molecule has 1 N–H and O–H groups in total. The summed E-state index contributed by atoms with van der Waals surface area (Å²) in [6.45, 7) is 0. The molecule has 0 fully saturated rings. The highest BCUT2D eigenvalue weighted by molar-refractivity contribution is 7.22. The number of aromatic nitrogens is 1. The van der Waals surface area contributed by atoms with Crippen LogP contribution in [0.1, 0.15) is 0 Å². The molecule has 0 aliphatic heterocycles. The lowest BCUT2D eigenvalue weighted by molar-refractivity contribution is 0.415. The molecule has 2 aromatic carbocycles. The normalized spacial score (nSPS) is 10.6. The van der Waals surface area contributed by atoms with Gasteiger partial charge in [-0.2, -0.15) is 0 Å². The Bertz CT molecular complexity index is 767. The molecule has 1 aromatic heterocycles. The molecular weight excluding hydrogens is 282 g/mol. The highest BCUT2D eigenvalue weighted by atomic mass is 32.1. The van der Waals surface area contributed by atoms with Crippen molar-refractivity contribution in [1.82, 2.24) is 4.98 Å². The fraction of sp³-hybridized carbons (Fsp3) is 0.188. The molecule has 1 heterocycles. The van der Waals surface area contributed by atoms with Gasteiger partial charge in [0.25, 0.3) is 0 Å². The average Bonchev–Trinajstić information content (AvgIpc) is 2.88. The molecule has 4 nitrogen and oxygen atoms in total. The molecule has 5 heteroatoms. The van der Waals surface area contributed by atoms with Gasteiger partial charge >= 0.3 is 0 Å². The minimum Gasteiger partial charge on any atom is -0.497 e. The maximum absolute atomic E-state index is 5.24. The van der Waals surface area contributed by atoms with Gasteiger partial charge in [-0.1, -0.05) is 17.4 Å². The zero-order valence-electron chi connectivity index (χ0n) is 12.3. The maximum atomic E-state index is 5.24. The van der Waals surface area contributed by atoms with Crippen molar-refractivity contribution < 1.29 is 4.74 Å². The summed E-state index contributed by atoms with van der Waals surface area (Å²) in [6.07, 6.45) is 0. The Hall–Kier alpha value is -2.27. The van der Waals surface area contributed by atoms with Crippen LogP contribution in [0.25, 0.3) is 10.2 Å². The van der Waals surface area contributed by atoms with Crippen LogP contribution in [0, 0.1) is 0 Å². The molecule has 0 aliphatic carbocycles. The van der Waals surface area contributed by atoms with Gasteiger partial charge in [-0.15, -0.1) is 0 Å². The van der Waals surface area contributed by atoms with E-state index in [2.05, 4.69) is 27.3 Å². The quantitative estimate of drug-likeness (QED) is 0.786. The third kappa shape index (κ3) is 2.92. The second kappa shape index (κ2) is 5.61. The topological polar surface area (TPSA) is 37.4 Å². The molecule has 0 radical (unpaired) electrons. The predicted molar refractivity (Wildman–Crippen MR) is 90.2 cm³/mol. The minimum absolute atomic E-state index is 0.854. The summed E-state index contributed by atoms with van der Waals surface area (Å²) in [6, 6.07) is 14.2. The van der Waals surface area contributed by atoms with Crippen molar-refractivity contribution in [2.45, 2.75) is 0 Å². The number of hydrogen-bond acceptors (Lipinski definition) is 5. The summed E-state index contributed by atoms with van der Waals surface area (Å²) in [4.78, 5) is 6.67. The zero-order chi connectivity index (χ0) is 14.8. The fourth-order valence-electron chi connectivity index (χ4n) is 2.07. The van der Waals surface area contributed by atoms with E-state index in [4.69, 9.17) is 4.74 Å². The van der Waals surface area contributed by atoms with Gasteiger partial charge in [-0.3, -0.25) is 0 Å². The predicted octanol–water partition coefficient (Wildman–Crippen LogP) is 4.11. The molecular formula is C16H17N3OS. The number of fused-ring (bicyclic) bond motifs is 1. The first-order valence-electron chi connectivity index (χ1n) is 6.65. The van der Waals surface area contributed by atoms with E-state index in [1.807, 2.05) is 44.4 Å². The molecule has 0 amide bonds. The Kier molecular flexibility index (Phi) is 3.66. The van der Waals surface area contributed by atoms with Crippen LogP contribution in [-0.2, 0) is 0 Å². The number of nitrogens with zero attached hydrogens (tertiary/aromatic N) is 2. The van der Waals surface area contributed by atoms with E-state index in [0.29, 0.717) is 0 Å². The monoisotopic (exact) mass is 299 g/mol. The van der Waals surface area contributed by atoms with Gasteiger partial charge in [-0.05, 0) is 36.4 Å². The highest BCUT2D eigenvalue weighted by Crippen LogP contribution is 2.31. The summed E-state index contributed by atoms with van der Waals surface area (Å²) in [5, 5.41) is 4.25. The van der Waals surface area contributed by atoms with Gasteiger partial charge < -0.3 is 15.0 Å². The largest absolute Gasteiger partial charge is 0.497 e. The lowest BCUT2D eigenvalue weighted by Gasteiger charge is -2.13. The number of rotatable bonds is 4. The van der Waals surface area contributed by atoms with Crippen molar-refractivity contribution in [2.24, 2.45) is 0 Å². The first-order valence-corrected chi connectivity index (χ1v) is 7.46. The molecule has 0 bridgehead atoms. The molecule has 0 atom stereocenters. The average molecular weight is 299 g/mol. The van der Waals surface area contributed by atoms with Crippen molar-refractivity contribution in [1.29, 1.82) is 0 Å². The van der Waals surface area contributed by atoms with E-state index >= 15 is 0 Å². The van der Waals surface area contributed by atoms with Crippen LogP contribution in [0.3, 0.4) is 0 Å². The number of benzene rings is 2. The molecule has 3 aromatic rings. The summed E-state index contributed by atoms with van der Waals surface area (Å²) in [5.41, 5.74) is 3.17. The van der Waals surface area contributed by atoms with Crippen molar-refractivity contribution in [3.8, 4) is 5.75 Å². The maximum Gasteiger partial charge on any atom is 0.188 e. The number of anilines is 3. The van der Waals surface area contributed by atoms with Crippen LogP contribution in [0.2, 0.25) is 0 Å². The van der Waals surface area contributed by atoms with Crippen LogP contribution in [0.15, 0.2) is 42.5 Å². The number of thiazole rings is 1. The van der Waals surface area contributed by atoms with Crippen molar-refractivity contribution in [3.63, 3.8) is 0 Å². The van der Waals surface area contributed by atoms with E-state index in [1.165, 1.54) is 0 Å². The number of nitrogens with one attached hydrogen (secondary N) is 1. The van der Waals surface area contributed by atoms with Crippen LogP contribution in [0.4, 0.5) is 16.5 Å². The van der Waals surface area contributed by atoms with E-state index in [0.717, 1.165) is 32.5 Å². The lowest BCUT2D eigenvalue weighted by atomic mass is 10.2. The van der Waals surface area contributed by atoms with Gasteiger partial charge in [0.05, 0.1) is 17.3 Å². The third-order valence-electron chi connectivity index (χ3n) is 3.21. The van der Waals surface area contributed by atoms with E-state index in [1.54, 1.807) is 18.4 Å². The Labute approximate surface area is 128 Å². The third-order valence-corrected chi connectivity index (χ3v) is 4.14. The fourth-order valence-corrected chi connectivity index (χ4v) is 2.99. The Morgan fingerprint density at radius 1 is 1.14 bits per heavy atom. The van der Waals surface area contributed by atoms with Crippen LogP contribution < -0.4 is 15.0 Å². The molecule has 3 rings (SSSR count). The number of hydrogen-bond donors (Lipinski definition) is 1. The van der Waals surface area contributed by atoms with Crippen molar-refractivity contribution in [3.05, 3.63) is 42.5 Å². The SMILES string of the molecule is COc1ccc2nc(Nc3cccc(N(C)C)c3)sc2c1. The van der Waals surface area contributed by atoms with Gasteiger partial charge in [0.15, 0.2) is 5.13 Å². The van der Waals surface area contributed by atoms with Gasteiger partial charge in [0.2, 0.25) is 0 Å². The van der Waals surface area contributed by atoms with E-state index in [9.17, 15) is 0 Å². The van der Waals surface area contributed by atoms with Gasteiger partial charge in [-0.25, -0.2) is 4.98 Å². The first-order chi connectivity index (χ1) is 10.2. The van der Waals surface area contributed by atoms with E-state index < -0.39 is 0 Å². The Morgan fingerprint density at radius 2 is 2.00 bits per heavy atom. The van der Waals surface area contributed by atoms with Crippen molar-refractivity contribution in [2.75, 3.05) is 31.4 Å². The highest BCUT2D eigenvalue weighted by Gasteiger charge is 2.06. The second-order valence-electron chi connectivity index (χ2n) is 4.92. The summed E-state index contributed by atoms with van der Waals surface area (Å²) < 4.78 is 6.36. The molecule has 108 valence electrons. The molecule has 0 aliphatic rings. The Balaban J connectivity index is 1.89. The number of ether oxygens (including phenoxy) is 1. The smallest absolute Gasteiger partial charge is 0.188 e. The standard InChI is InChI=1S/C16H17N3OS/c1-19(2)12-6-4-5-11(9-12)17-16-18-14-8-7-13(20-3)10-15(14)21-16/h4-10H,1-3H3,(H,17,18). The number of methoxy groups -OCH3 is 1.